The predicted molar refractivity (Wildman–Crippen MR) is 101 cm³/mol. The van der Waals surface area contributed by atoms with Crippen LogP contribution < -0.4 is 0 Å². The molecule has 2 heterocycles. The van der Waals surface area contributed by atoms with Crippen molar-refractivity contribution >= 4 is 11.6 Å². The van der Waals surface area contributed by atoms with Crippen LogP contribution in [0.5, 0.6) is 0 Å². The van der Waals surface area contributed by atoms with Crippen molar-refractivity contribution in [2.24, 2.45) is 0 Å². The molecule has 0 saturated carbocycles. The fourth-order valence-electron chi connectivity index (χ4n) is 2.96. The number of benzene rings is 1. The third kappa shape index (κ3) is 3.67. The maximum Gasteiger partial charge on any atom is 0.134 e. The molecule has 5 nitrogen and oxygen atoms in total. The monoisotopic (exact) mass is 368 g/mol. The second-order valence-corrected chi connectivity index (χ2v) is 6.51. The van der Waals surface area contributed by atoms with Gasteiger partial charge in [-0.25, -0.2) is 4.98 Å². The molecule has 2 aromatic heterocycles. The zero-order valence-electron chi connectivity index (χ0n) is 14.7. The number of hydrogen-bond donors (Lipinski definition) is 1. The first kappa shape index (κ1) is 18.2. The van der Waals surface area contributed by atoms with Crippen LogP contribution in [-0.4, -0.2) is 19.2 Å². The number of unbranched alkanes of at least 4 members (excludes halogenated alkanes) is 1. The van der Waals surface area contributed by atoms with Crippen molar-refractivity contribution < 1.29 is 5.11 Å². The lowest BCUT2D eigenvalue weighted by Gasteiger charge is -2.11. The van der Waals surface area contributed by atoms with Crippen LogP contribution in [-0.2, 0) is 19.6 Å². The lowest BCUT2D eigenvalue weighted by atomic mass is 10.2. The molecule has 0 unspecified atom stereocenters. The average Bonchev–Trinajstić information content (AvgIpc) is 3.26. The van der Waals surface area contributed by atoms with E-state index in [4.69, 9.17) is 16.9 Å². The van der Waals surface area contributed by atoms with E-state index in [2.05, 4.69) is 18.0 Å². The number of aliphatic hydroxyl groups excluding tert-OH is 1. The Labute approximate surface area is 158 Å². The number of aromatic nitrogens is 3. The van der Waals surface area contributed by atoms with Gasteiger partial charge >= 0.3 is 0 Å². The average molecular weight is 369 g/mol. The van der Waals surface area contributed by atoms with E-state index in [1.165, 1.54) is 0 Å². The molecule has 0 fully saturated rings. The van der Waals surface area contributed by atoms with Crippen LogP contribution in [0.3, 0.4) is 0 Å². The molecule has 0 aliphatic rings. The van der Waals surface area contributed by atoms with Crippen molar-refractivity contribution in [3.05, 3.63) is 70.5 Å². The Balaban J connectivity index is 1.85. The summed E-state index contributed by atoms with van der Waals surface area (Å²) in [6.45, 7) is 2.58. The molecule has 134 valence electrons. The molecular formula is C20H21ClN4O. The molecule has 3 aromatic rings. The summed E-state index contributed by atoms with van der Waals surface area (Å²) in [5.41, 5.74) is 3.15. The summed E-state index contributed by atoms with van der Waals surface area (Å²) in [6, 6.07) is 13.8. The van der Waals surface area contributed by atoms with Gasteiger partial charge in [-0.1, -0.05) is 37.1 Å². The van der Waals surface area contributed by atoms with Crippen LogP contribution in [0.1, 0.15) is 42.5 Å². The van der Waals surface area contributed by atoms with Crippen molar-refractivity contribution in [2.75, 3.05) is 0 Å². The van der Waals surface area contributed by atoms with Gasteiger partial charge in [0.1, 0.15) is 28.4 Å². The highest BCUT2D eigenvalue weighted by atomic mass is 35.5. The van der Waals surface area contributed by atoms with Gasteiger partial charge < -0.3 is 14.2 Å². The van der Waals surface area contributed by atoms with Crippen molar-refractivity contribution in [3.63, 3.8) is 0 Å². The van der Waals surface area contributed by atoms with E-state index in [1.807, 2.05) is 45.7 Å². The van der Waals surface area contributed by atoms with Gasteiger partial charge in [-0.05, 0) is 36.2 Å². The fraction of sp³-hybridized carbons (Fsp3) is 0.300. The Bertz CT molecular complexity index is 918. The molecule has 6 heteroatoms. The van der Waals surface area contributed by atoms with Crippen LogP contribution in [0, 0.1) is 11.3 Å². The molecule has 0 aliphatic heterocycles. The highest BCUT2D eigenvalue weighted by Gasteiger charge is 2.15. The summed E-state index contributed by atoms with van der Waals surface area (Å²) in [6.07, 6.45) is 4.81. The van der Waals surface area contributed by atoms with Gasteiger partial charge in [0.05, 0.1) is 13.2 Å². The van der Waals surface area contributed by atoms with E-state index in [9.17, 15) is 5.11 Å². The number of nitrogens with zero attached hydrogens (tertiary/aromatic N) is 4. The first-order valence-electron chi connectivity index (χ1n) is 8.69. The Morgan fingerprint density at radius 2 is 2.00 bits per heavy atom. The smallest absolute Gasteiger partial charge is 0.134 e. The van der Waals surface area contributed by atoms with Gasteiger partial charge in [-0.3, -0.25) is 0 Å². The number of aryl methyl sites for hydroxylation is 1. The van der Waals surface area contributed by atoms with Crippen LogP contribution in [0.4, 0.5) is 0 Å². The minimum Gasteiger partial charge on any atom is -0.390 e. The zero-order chi connectivity index (χ0) is 18.5. The normalized spacial score (nSPS) is 10.8. The lowest BCUT2D eigenvalue weighted by Crippen LogP contribution is -2.06. The van der Waals surface area contributed by atoms with E-state index in [-0.39, 0.29) is 6.61 Å². The first-order chi connectivity index (χ1) is 12.7. The molecule has 0 bridgehead atoms. The van der Waals surface area contributed by atoms with Gasteiger partial charge in [0.15, 0.2) is 0 Å². The number of nitriles is 1. The van der Waals surface area contributed by atoms with Gasteiger partial charge in [0.25, 0.3) is 0 Å². The van der Waals surface area contributed by atoms with E-state index in [0.717, 1.165) is 36.3 Å². The molecule has 0 atom stereocenters. The summed E-state index contributed by atoms with van der Waals surface area (Å²) < 4.78 is 3.82. The van der Waals surface area contributed by atoms with E-state index in [1.54, 1.807) is 6.07 Å². The minimum absolute atomic E-state index is 0.158. The summed E-state index contributed by atoms with van der Waals surface area (Å²) in [5.74, 6) is 0.905. The summed E-state index contributed by atoms with van der Waals surface area (Å²) in [5, 5.41) is 19.1. The third-order valence-electron chi connectivity index (χ3n) is 4.37. The maximum absolute atomic E-state index is 9.45. The molecular weight excluding hydrogens is 348 g/mol. The van der Waals surface area contributed by atoms with Crippen LogP contribution in [0.15, 0.2) is 42.6 Å². The molecule has 0 amide bonds. The molecule has 0 spiro atoms. The van der Waals surface area contributed by atoms with Crippen molar-refractivity contribution in [1.29, 1.82) is 5.26 Å². The topological polar surface area (TPSA) is 66.8 Å². The highest BCUT2D eigenvalue weighted by Crippen LogP contribution is 2.22. The van der Waals surface area contributed by atoms with Gasteiger partial charge in [-0.2, -0.15) is 5.26 Å². The van der Waals surface area contributed by atoms with Crippen molar-refractivity contribution in [1.82, 2.24) is 14.1 Å². The van der Waals surface area contributed by atoms with Crippen LogP contribution in [0.25, 0.3) is 5.69 Å². The number of aliphatic hydroxyl groups is 1. The van der Waals surface area contributed by atoms with Gasteiger partial charge in [0, 0.05) is 18.3 Å². The van der Waals surface area contributed by atoms with E-state index >= 15 is 0 Å². The fourth-order valence-corrected chi connectivity index (χ4v) is 3.22. The van der Waals surface area contributed by atoms with Gasteiger partial charge in [-0.15, -0.1) is 0 Å². The first-order valence-corrected chi connectivity index (χ1v) is 9.07. The standard InChI is InChI=1S/C20H21ClN4O/c1-2-3-6-19-23-18(14-26)20(21)25(19)13-15-7-9-16(10-8-15)24-11-4-5-17(24)12-22/h4-5,7-11,26H,2-3,6,13-14H2,1H3. The van der Waals surface area contributed by atoms with Crippen molar-refractivity contribution in [3.8, 4) is 11.8 Å². The molecule has 26 heavy (non-hydrogen) atoms. The molecule has 1 N–H and O–H groups in total. The molecule has 0 radical (unpaired) electrons. The minimum atomic E-state index is -0.158. The molecule has 3 rings (SSSR count). The number of rotatable bonds is 7. The number of hydrogen-bond acceptors (Lipinski definition) is 3. The van der Waals surface area contributed by atoms with Crippen LogP contribution >= 0.6 is 11.6 Å². The van der Waals surface area contributed by atoms with E-state index in [0.29, 0.717) is 23.1 Å². The Morgan fingerprint density at radius 1 is 1.23 bits per heavy atom. The lowest BCUT2D eigenvalue weighted by molar-refractivity contribution is 0.277. The number of imidazole rings is 1. The predicted octanol–water partition coefficient (Wildman–Crippen LogP) is 4.08. The highest BCUT2D eigenvalue weighted by molar-refractivity contribution is 6.30. The summed E-state index contributed by atoms with van der Waals surface area (Å²) in [4.78, 5) is 4.48. The van der Waals surface area contributed by atoms with Crippen molar-refractivity contribution in [2.45, 2.75) is 39.3 Å². The van der Waals surface area contributed by atoms with Crippen LogP contribution in [0.2, 0.25) is 5.15 Å². The summed E-state index contributed by atoms with van der Waals surface area (Å²) >= 11 is 6.41. The maximum atomic E-state index is 9.45. The Hall–Kier alpha value is -2.55. The second kappa shape index (κ2) is 8.22. The Morgan fingerprint density at radius 3 is 2.65 bits per heavy atom. The number of halogens is 1. The van der Waals surface area contributed by atoms with E-state index < -0.39 is 0 Å². The second-order valence-electron chi connectivity index (χ2n) is 6.16. The SMILES string of the molecule is CCCCc1nc(CO)c(Cl)n1Cc1ccc(-n2cccc2C#N)cc1. The summed E-state index contributed by atoms with van der Waals surface area (Å²) in [7, 11) is 0. The largest absolute Gasteiger partial charge is 0.390 e. The quantitative estimate of drug-likeness (QED) is 0.683. The molecule has 0 aliphatic carbocycles. The zero-order valence-corrected chi connectivity index (χ0v) is 15.4. The molecule has 1 aromatic carbocycles. The third-order valence-corrected chi connectivity index (χ3v) is 4.80. The van der Waals surface area contributed by atoms with Gasteiger partial charge in [0.2, 0.25) is 0 Å². The molecule has 0 saturated heterocycles. The Kier molecular flexibility index (Phi) is 5.77.